The molecule has 5 heteroatoms. The molecule has 0 bridgehead atoms. The van der Waals surface area contributed by atoms with Crippen molar-refractivity contribution in [3.63, 3.8) is 0 Å². The van der Waals surface area contributed by atoms with E-state index in [0.717, 1.165) is 26.0 Å². The molecule has 0 aromatic heterocycles. The number of halogens is 1. The van der Waals surface area contributed by atoms with Crippen molar-refractivity contribution in [3.05, 3.63) is 35.1 Å². The van der Waals surface area contributed by atoms with Crippen molar-refractivity contribution in [1.29, 1.82) is 0 Å². The van der Waals surface area contributed by atoms with E-state index in [2.05, 4.69) is 0 Å². The highest BCUT2D eigenvalue weighted by Gasteiger charge is 2.19. The highest BCUT2D eigenvalue weighted by molar-refractivity contribution is 5.88. The lowest BCUT2D eigenvalue weighted by molar-refractivity contribution is 0.0689. The molecule has 1 unspecified atom stereocenters. The zero-order chi connectivity index (χ0) is 13.8. The molecule has 1 aliphatic rings. The van der Waals surface area contributed by atoms with Crippen LogP contribution >= 0.6 is 0 Å². The number of hydrogen-bond donors (Lipinski definition) is 1. The predicted octanol–water partition coefficient (Wildman–Crippen LogP) is 2.13. The van der Waals surface area contributed by atoms with Gasteiger partial charge in [0.15, 0.2) is 0 Å². The summed E-state index contributed by atoms with van der Waals surface area (Å²) in [6.45, 7) is 1.91. The van der Waals surface area contributed by atoms with Gasteiger partial charge in [0.2, 0.25) is 0 Å². The van der Waals surface area contributed by atoms with Gasteiger partial charge in [-0.1, -0.05) is 12.1 Å². The van der Waals surface area contributed by atoms with Gasteiger partial charge < -0.3 is 9.84 Å². The molecule has 0 amide bonds. The number of nitrogens with zero attached hydrogens (tertiary/aromatic N) is 1. The van der Waals surface area contributed by atoms with Gasteiger partial charge in [0.05, 0.1) is 11.7 Å². The first-order chi connectivity index (χ1) is 9.08. The first kappa shape index (κ1) is 14.0. The van der Waals surface area contributed by atoms with Gasteiger partial charge in [-0.3, -0.25) is 4.90 Å². The van der Waals surface area contributed by atoms with Crippen molar-refractivity contribution in [2.75, 3.05) is 20.2 Å². The van der Waals surface area contributed by atoms with E-state index in [1.165, 1.54) is 6.07 Å². The van der Waals surface area contributed by atoms with E-state index in [0.29, 0.717) is 12.1 Å². The summed E-state index contributed by atoms with van der Waals surface area (Å²) >= 11 is 0. The summed E-state index contributed by atoms with van der Waals surface area (Å²) in [4.78, 5) is 12.8. The molecule has 4 nitrogen and oxygen atoms in total. The maximum absolute atomic E-state index is 14.0. The quantitative estimate of drug-likeness (QED) is 0.888. The normalized spacial score (nSPS) is 19.0. The molecule has 1 aromatic carbocycles. The van der Waals surface area contributed by atoms with Crippen LogP contribution in [-0.4, -0.2) is 42.3 Å². The zero-order valence-corrected chi connectivity index (χ0v) is 10.9. The van der Waals surface area contributed by atoms with Crippen LogP contribution in [0.3, 0.4) is 0 Å². The molecule has 0 spiro atoms. The third-order valence-electron chi connectivity index (χ3n) is 3.29. The molecule has 1 aliphatic heterocycles. The molecule has 0 aliphatic carbocycles. The fraction of sp³-hybridized carbons (Fsp3) is 0.500. The van der Waals surface area contributed by atoms with Gasteiger partial charge in [-0.25, -0.2) is 9.18 Å². The van der Waals surface area contributed by atoms with E-state index in [1.54, 1.807) is 12.1 Å². The predicted molar refractivity (Wildman–Crippen MR) is 68.7 cm³/mol. The Hall–Kier alpha value is -1.46. The van der Waals surface area contributed by atoms with Crippen LogP contribution in [-0.2, 0) is 11.3 Å². The Kier molecular flexibility index (Phi) is 4.50. The van der Waals surface area contributed by atoms with Crippen LogP contribution in [0.5, 0.6) is 0 Å². The summed E-state index contributed by atoms with van der Waals surface area (Å²) in [6.07, 6.45) is 2.30. The fourth-order valence-electron chi connectivity index (χ4n) is 2.36. The Morgan fingerprint density at radius 1 is 1.58 bits per heavy atom. The van der Waals surface area contributed by atoms with Gasteiger partial charge in [-0.2, -0.15) is 0 Å². The molecular formula is C14H18FNO3. The van der Waals surface area contributed by atoms with E-state index in [-0.39, 0.29) is 11.7 Å². The Labute approximate surface area is 111 Å². The summed E-state index contributed by atoms with van der Waals surface area (Å²) < 4.78 is 19.5. The van der Waals surface area contributed by atoms with Crippen molar-refractivity contribution in [1.82, 2.24) is 4.90 Å². The van der Waals surface area contributed by atoms with Crippen LogP contribution in [0.4, 0.5) is 4.39 Å². The van der Waals surface area contributed by atoms with Crippen molar-refractivity contribution in [2.45, 2.75) is 25.5 Å². The summed E-state index contributed by atoms with van der Waals surface area (Å²) in [7, 11) is 1.88. The molecule has 1 aromatic rings. The standard InChI is InChI=1S/C14H18FNO3/c1-16(9-11-5-3-7-19-11)8-10-4-2-6-12(13(10)15)14(17)18/h2,4,6,11H,3,5,7-9H2,1H3,(H,17,18). The SMILES string of the molecule is CN(Cc1cccc(C(=O)O)c1F)CC1CCCO1. The van der Waals surface area contributed by atoms with Gasteiger partial charge >= 0.3 is 5.97 Å². The molecule has 0 saturated carbocycles. The summed E-state index contributed by atoms with van der Waals surface area (Å²) in [5.74, 6) is -1.88. The summed E-state index contributed by atoms with van der Waals surface area (Å²) in [6, 6.07) is 4.47. The Morgan fingerprint density at radius 3 is 3.00 bits per heavy atom. The maximum atomic E-state index is 14.0. The minimum atomic E-state index is -1.24. The van der Waals surface area contributed by atoms with Crippen molar-refractivity contribution in [3.8, 4) is 0 Å². The van der Waals surface area contributed by atoms with Gasteiger partial charge in [0.1, 0.15) is 5.82 Å². The number of likely N-dealkylation sites (N-methyl/N-ethyl adjacent to an activating group) is 1. The van der Waals surface area contributed by atoms with Crippen molar-refractivity contribution >= 4 is 5.97 Å². The average molecular weight is 267 g/mol. The Bertz CT molecular complexity index is 458. The number of rotatable bonds is 5. The van der Waals surface area contributed by atoms with Crippen molar-refractivity contribution in [2.24, 2.45) is 0 Å². The maximum Gasteiger partial charge on any atom is 0.338 e. The van der Waals surface area contributed by atoms with E-state index in [4.69, 9.17) is 9.84 Å². The number of carbonyl (C=O) groups is 1. The summed E-state index contributed by atoms with van der Waals surface area (Å²) in [5.41, 5.74) is 0.128. The molecule has 1 heterocycles. The molecule has 0 radical (unpaired) electrons. The zero-order valence-electron chi connectivity index (χ0n) is 10.9. The van der Waals surface area contributed by atoms with Gasteiger partial charge in [-0.15, -0.1) is 0 Å². The van der Waals surface area contributed by atoms with Crippen LogP contribution in [0, 0.1) is 5.82 Å². The van der Waals surface area contributed by atoms with E-state index < -0.39 is 11.8 Å². The monoisotopic (exact) mass is 267 g/mol. The van der Waals surface area contributed by atoms with E-state index >= 15 is 0 Å². The third kappa shape index (κ3) is 3.52. The number of carboxylic acids is 1. The molecular weight excluding hydrogens is 249 g/mol. The second-order valence-electron chi connectivity index (χ2n) is 4.92. The fourth-order valence-corrected chi connectivity index (χ4v) is 2.36. The van der Waals surface area contributed by atoms with Crippen LogP contribution in [0.15, 0.2) is 18.2 Å². The number of hydrogen-bond acceptors (Lipinski definition) is 3. The molecule has 1 atom stereocenters. The van der Waals surface area contributed by atoms with Crippen molar-refractivity contribution < 1.29 is 19.0 Å². The molecule has 1 fully saturated rings. The van der Waals surface area contributed by atoms with Crippen LogP contribution in [0.25, 0.3) is 0 Å². The molecule has 2 rings (SSSR count). The van der Waals surface area contributed by atoms with Crippen LogP contribution < -0.4 is 0 Å². The number of aromatic carboxylic acids is 1. The van der Waals surface area contributed by atoms with Gasteiger partial charge in [-0.05, 0) is 26.0 Å². The van der Waals surface area contributed by atoms with E-state index in [1.807, 2.05) is 11.9 Å². The van der Waals surface area contributed by atoms with Crippen LogP contribution in [0.1, 0.15) is 28.8 Å². The lowest BCUT2D eigenvalue weighted by Crippen LogP contribution is -2.28. The molecule has 104 valence electrons. The number of ether oxygens (including phenoxy) is 1. The molecule has 1 saturated heterocycles. The first-order valence-corrected chi connectivity index (χ1v) is 6.38. The highest BCUT2D eigenvalue weighted by Crippen LogP contribution is 2.17. The van der Waals surface area contributed by atoms with Gasteiger partial charge in [0.25, 0.3) is 0 Å². The molecule has 19 heavy (non-hydrogen) atoms. The summed E-state index contributed by atoms with van der Waals surface area (Å²) in [5, 5.41) is 8.88. The van der Waals surface area contributed by atoms with E-state index in [9.17, 15) is 9.18 Å². The second-order valence-corrected chi connectivity index (χ2v) is 4.92. The molecule has 1 N–H and O–H groups in total. The number of carboxylic acid groups (broad SMARTS) is 1. The number of benzene rings is 1. The Balaban J connectivity index is 2.01. The smallest absolute Gasteiger partial charge is 0.338 e. The lowest BCUT2D eigenvalue weighted by Gasteiger charge is -2.21. The largest absolute Gasteiger partial charge is 0.478 e. The Morgan fingerprint density at radius 2 is 2.37 bits per heavy atom. The highest BCUT2D eigenvalue weighted by atomic mass is 19.1. The topological polar surface area (TPSA) is 49.8 Å². The van der Waals surface area contributed by atoms with Gasteiger partial charge in [0, 0.05) is 25.3 Å². The second kappa shape index (κ2) is 6.12. The minimum Gasteiger partial charge on any atom is -0.478 e. The lowest BCUT2D eigenvalue weighted by atomic mass is 10.1. The minimum absolute atomic E-state index is 0.204. The first-order valence-electron chi connectivity index (χ1n) is 6.38. The van der Waals surface area contributed by atoms with Crippen LogP contribution in [0.2, 0.25) is 0 Å². The third-order valence-corrected chi connectivity index (χ3v) is 3.29. The average Bonchev–Trinajstić information content (AvgIpc) is 2.84.